The molecule has 5 rings (SSSR count). The van der Waals surface area contributed by atoms with E-state index in [0.717, 1.165) is 35.3 Å². The van der Waals surface area contributed by atoms with E-state index in [2.05, 4.69) is 26.4 Å². The van der Waals surface area contributed by atoms with Crippen molar-refractivity contribution < 1.29 is 33.4 Å². The fourth-order valence-corrected chi connectivity index (χ4v) is 4.92. The minimum absolute atomic E-state index is 0.221. The number of fused-ring (bicyclic) bond motifs is 1. The average Bonchev–Trinajstić information content (AvgIpc) is 3.55. The second kappa shape index (κ2) is 10.7. The number of nitrogens with one attached hydrogen (secondary N) is 1. The second-order valence-corrected chi connectivity index (χ2v) is 10.2. The molecule has 39 heavy (non-hydrogen) atoms. The van der Waals surface area contributed by atoms with Crippen LogP contribution >= 0.6 is 0 Å². The molecule has 2 N–H and O–H groups in total. The van der Waals surface area contributed by atoms with Crippen LogP contribution in [0.4, 0.5) is 10.5 Å². The number of carboxylic acid groups (broad SMARTS) is 1. The number of benzene rings is 2. The second-order valence-electron chi connectivity index (χ2n) is 10.2. The van der Waals surface area contributed by atoms with E-state index in [1.807, 2.05) is 58.0 Å². The molecule has 2 aliphatic heterocycles. The zero-order valence-corrected chi connectivity index (χ0v) is 22.7. The van der Waals surface area contributed by atoms with Crippen LogP contribution in [-0.2, 0) is 15.9 Å². The molecule has 208 valence electrons. The SMILES string of the molecule is CCOc1ccc(-c2nc(-c3ccc4c(c3)CCN4CC3(NC(=O)O)COC(C)(C)OC3)no2)cc1OCC. The Bertz CT molecular complexity index is 1330. The van der Waals surface area contributed by atoms with Crippen LogP contribution in [0.2, 0.25) is 0 Å². The van der Waals surface area contributed by atoms with Gasteiger partial charge in [0.05, 0.1) is 26.4 Å². The summed E-state index contributed by atoms with van der Waals surface area (Å²) in [6, 6.07) is 11.6. The Labute approximate surface area is 227 Å². The molecular weight excluding hydrogens is 504 g/mol. The highest BCUT2D eigenvalue weighted by Gasteiger charge is 2.43. The molecule has 2 aromatic carbocycles. The standard InChI is InChI=1S/C28H34N4O7/c1-5-35-22-10-8-20(14-23(22)36-6-2)25-29-24(31-39-25)19-7-9-21-18(13-19)11-12-32(21)15-28(30-26(33)34)16-37-27(3,4)38-17-28/h7-10,13-14,30H,5-6,11-12,15-17H2,1-4H3,(H,33,34). The Morgan fingerprint density at radius 2 is 1.77 bits per heavy atom. The van der Waals surface area contributed by atoms with Crippen LogP contribution in [0.25, 0.3) is 22.8 Å². The summed E-state index contributed by atoms with van der Waals surface area (Å²) in [4.78, 5) is 18.4. The molecule has 11 heteroatoms. The average molecular weight is 539 g/mol. The Balaban J connectivity index is 1.34. The molecule has 0 aliphatic carbocycles. The molecule has 0 unspecified atom stereocenters. The van der Waals surface area contributed by atoms with Gasteiger partial charge >= 0.3 is 6.09 Å². The summed E-state index contributed by atoms with van der Waals surface area (Å²) < 4.78 is 28.6. The molecule has 0 spiro atoms. The van der Waals surface area contributed by atoms with Gasteiger partial charge in [0.25, 0.3) is 5.89 Å². The zero-order chi connectivity index (χ0) is 27.6. The van der Waals surface area contributed by atoms with E-state index >= 15 is 0 Å². The molecule has 0 radical (unpaired) electrons. The van der Waals surface area contributed by atoms with Crippen LogP contribution in [0.5, 0.6) is 11.5 Å². The van der Waals surface area contributed by atoms with Crippen molar-refractivity contribution >= 4 is 11.8 Å². The maximum Gasteiger partial charge on any atom is 0.405 e. The van der Waals surface area contributed by atoms with Crippen molar-refractivity contribution in [3.05, 3.63) is 42.0 Å². The minimum atomic E-state index is -1.11. The van der Waals surface area contributed by atoms with Gasteiger partial charge in [-0.2, -0.15) is 4.98 Å². The van der Waals surface area contributed by atoms with Gasteiger partial charge in [-0.05, 0) is 76.1 Å². The lowest BCUT2D eigenvalue weighted by molar-refractivity contribution is -0.268. The van der Waals surface area contributed by atoms with Gasteiger partial charge in [-0.25, -0.2) is 4.79 Å². The van der Waals surface area contributed by atoms with E-state index < -0.39 is 17.4 Å². The molecule has 1 saturated heterocycles. The Hall–Kier alpha value is -3.83. The van der Waals surface area contributed by atoms with Gasteiger partial charge in [0.15, 0.2) is 17.3 Å². The molecule has 1 aromatic heterocycles. The van der Waals surface area contributed by atoms with Gasteiger partial charge in [-0.1, -0.05) is 5.16 Å². The van der Waals surface area contributed by atoms with E-state index in [1.165, 1.54) is 0 Å². The first kappa shape index (κ1) is 26.8. The molecular formula is C28H34N4O7. The van der Waals surface area contributed by atoms with E-state index in [4.69, 9.17) is 23.5 Å². The number of ether oxygens (including phenoxy) is 4. The minimum Gasteiger partial charge on any atom is -0.490 e. The van der Waals surface area contributed by atoms with Crippen molar-refractivity contribution in [1.82, 2.24) is 15.5 Å². The maximum atomic E-state index is 11.6. The first-order chi connectivity index (χ1) is 18.7. The Morgan fingerprint density at radius 1 is 1.05 bits per heavy atom. The lowest BCUT2D eigenvalue weighted by atomic mass is 9.99. The fraction of sp³-hybridized carbons (Fsp3) is 0.464. The lowest BCUT2D eigenvalue weighted by Gasteiger charge is -2.45. The summed E-state index contributed by atoms with van der Waals surface area (Å²) in [5.74, 6) is 1.42. The van der Waals surface area contributed by atoms with Crippen molar-refractivity contribution in [3.8, 4) is 34.3 Å². The highest BCUT2D eigenvalue weighted by Crippen LogP contribution is 2.36. The quantitative estimate of drug-likeness (QED) is 0.406. The normalized spacial score (nSPS) is 17.5. The van der Waals surface area contributed by atoms with Gasteiger partial charge in [0.1, 0.15) is 5.54 Å². The van der Waals surface area contributed by atoms with Crippen LogP contribution in [0.1, 0.15) is 33.3 Å². The summed E-state index contributed by atoms with van der Waals surface area (Å²) in [5, 5.41) is 16.3. The topological polar surface area (TPSA) is 128 Å². The number of aromatic nitrogens is 2. The molecule has 0 atom stereocenters. The van der Waals surface area contributed by atoms with Crippen molar-refractivity contribution in [2.45, 2.75) is 45.4 Å². The number of hydrogen-bond donors (Lipinski definition) is 2. The van der Waals surface area contributed by atoms with Crippen molar-refractivity contribution in [2.24, 2.45) is 0 Å². The highest BCUT2D eigenvalue weighted by atomic mass is 16.7. The van der Waals surface area contributed by atoms with Crippen LogP contribution < -0.4 is 19.7 Å². The molecule has 11 nitrogen and oxygen atoms in total. The zero-order valence-electron chi connectivity index (χ0n) is 22.7. The molecule has 3 aromatic rings. The third-order valence-corrected chi connectivity index (χ3v) is 6.80. The van der Waals surface area contributed by atoms with Gasteiger partial charge < -0.3 is 38.8 Å². The van der Waals surface area contributed by atoms with E-state index in [9.17, 15) is 9.90 Å². The summed E-state index contributed by atoms with van der Waals surface area (Å²) >= 11 is 0. The van der Waals surface area contributed by atoms with E-state index in [-0.39, 0.29) is 13.2 Å². The molecule has 1 fully saturated rings. The van der Waals surface area contributed by atoms with E-state index in [1.54, 1.807) is 0 Å². The maximum absolute atomic E-state index is 11.6. The van der Waals surface area contributed by atoms with Gasteiger partial charge in [0, 0.05) is 29.9 Å². The van der Waals surface area contributed by atoms with Crippen molar-refractivity contribution in [1.29, 1.82) is 0 Å². The summed E-state index contributed by atoms with van der Waals surface area (Å²) in [6.07, 6.45) is -0.300. The predicted molar refractivity (Wildman–Crippen MR) is 143 cm³/mol. The van der Waals surface area contributed by atoms with Gasteiger partial charge in [0.2, 0.25) is 5.82 Å². The number of nitrogens with zero attached hydrogens (tertiary/aromatic N) is 3. The molecule has 0 bridgehead atoms. The predicted octanol–water partition coefficient (Wildman–Crippen LogP) is 4.35. The molecule has 0 saturated carbocycles. The third kappa shape index (κ3) is 5.79. The number of carbonyl (C=O) groups is 1. The van der Waals surface area contributed by atoms with Crippen LogP contribution in [0.15, 0.2) is 40.9 Å². The molecule has 2 aliphatic rings. The largest absolute Gasteiger partial charge is 0.490 e. The molecule has 3 heterocycles. The lowest BCUT2D eigenvalue weighted by Crippen LogP contribution is -2.65. The summed E-state index contributed by atoms with van der Waals surface area (Å²) in [7, 11) is 0. The van der Waals surface area contributed by atoms with Gasteiger partial charge in [-0.3, -0.25) is 0 Å². The van der Waals surface area contributed by atoms with Crippen LogP contribution in [-0.4, -0.2) is 72.2 Å². The van der Waals surface area contributed by atoms with Crippen molar-refractivity contribution in [3.63, 3.8) is 0 Å². The Morgan fingerprint density at radius 3 is 2.49 bits per heavy atom. The third-order valence-electron chi connectivity index (χ3n) is 6.80. The number of anilines is 1. The fourth-order valence-electron chi connectivity index (χ4n) is 4.92. The van der Waals surface area contributed by atoms with Crippen molar-refractivity contribution in [2.75, 3.05) is 44.4 Å². The monoisotopic (exact) mass is 538 g/mol. The first-order valence-electron chi connectivity index (χ1n) is 13.1. The first-order valence-corrected chi connectivity index (χ1v) is 13.1. The smallest absolute Gasteiger partial charge is 0.405 e. The summed E-state index contributed by atoms with van der Waals surface area (Å²) in [6.45, 7) is 10.1. The van der Waals surface area contributed by atoms with Crippen LogP contribution in [0.3, 0.4) is 0 Å². The van der Waals surface area contributed by atoms with Crippen LogP contribution in [0, 0.1) is 0 Å². The summed E-state index contributed by atoms with van der Waals surface area (Å²) in [5.41, 5.74) is 2.87. The van der Waals surface area contributed by atoms with Gasteiger partial charge in [-0.15, -0.1) is 0 Å². The number of hydrogen-bond acceptors (Lipinski definition) is 9. The number of rotatable bonds is 9. The Kier molecular flexibility index (Phi) is 7.37. The highest BCUT2D eigenvalue weighted by molar-refractivity contribution is 5.69. The van der Waals surface area contributed by atoms with E-state index in [0.29, 0.717) is 43.0 Å². The molecule has 1 amide bonds. The number of amides is 1.